The van der Waals surface area contributed by atoms with Crippen LogP contribution in [0.1, 0.15) is 54.9 Å². The van der Waals surface area contributed by atoms with Gasteiger partial charge in [0.15, 0.2) is 0 Å². The molecule has 0 saturated carbocycles. The molecule has 2 aliphatic heterocycles. The molecule has 160 valence electrons. The average molecular weight is 433 g/mol. The molecule has 30 heavy (non-hydrogen) atoms. The largest absolute Gasteiger partial charge is 0.292 e. The molecule has 7 nitrogen and oxygen atoms in total. The minimum atomic E-state index is -3.37. The number of carbonyl (C=O) groups is 1. The van der Waals surface area contributed by atoms with Gasteiger partial charge in [-0.3, -0.25) is 9.69 Å². The SMILES string of the molecule is CCS(=O)(=O)N1CCC[C@@H]1c1nc(C)c2c(n1)N(Cc1ccc(F)cc1)C(=O)CC2. The van der Waals surface area contributed by atoms with Crippen molar-refractivity contribution in [2.45, 2.75) is 52.1 Å². The number of nitrogens with zero attached hydrogens (tertiary/aromatic N) is 4. The zero-order chi connectivity index (χ0) is 21.5. The van der Waals surface area contributed by atoms with Gasteiger partial charge in [0.05, 0.1) is 18.3 Å². The summed E-state index contributed by atoms with van der Waals surface area (Å²) in [6.07, 6.45) is 2.32. The number of benzene rings is 1. The number of sulfonamides is 1. The lowest BCUT2D eigenvalue weighted by Gasteiger charge is -2.31. The van der Waals surface area contributed by atoms with E-state index in [1.165, 1.54) is 16.4 Å². The highest BCUT2D eigenvalue weighted by atomic mass is 32.2. The van der Waals surface area contributed by atoms with Crippen molar-refractivity contribution in [2.75, 3.05) is 17.2 Å². The van der Waals surface area contributed by atoms with Crippen LogP contribution in [0.5, 0.6) is 0 Å². The Morgan fingerprint density at radius 1 is 1.17 bits per heavy atom. The number of aromatic nitrogens is 2. The van der Waals surface area contributed by atoms with Gasteiger partial charge in [0.25, 0.3) is 0 Å². The molecule has 0 radical (unpaired) electrons. The topological polar surface area (TPSA) is 83.5 Å². The molecule has 3 heterocycles. The number of amides is 1. The second kappa shape index (κ2) is 8.03. The Hall–Kier alpha value is -2.39. The summed E-state index contributed by atoms with van der Waals surface area (Å²) in [5.41, 5.74) is 2.47. The molecule has 1 aromatic carbocycles. The average Bonchev–Trinajstić information content (AvgIpc) is 3.22. The van der Waals surface area contributed by atoms with E-state index in [2.05, 4.69) is 4.98 Å². The molecule has 1 saturated heterocycles. The van der Waals surface area contributed by atoms with Crippen LogP contribution in [-0.4, -0.2) is 40.9 Å². The molecule has 0 N–H and O–H groups in total. The molecule has 2 aromatic rings. The molecule has 9 heteroatoms. The van der Waals surface area contributed by atoms with Gasteiger partial charge in [-0.2, -0.15) is 4.31 Å². The fraction of sp³-hybridized carbons (Fsp3) is 0.476. The highest BCUT2D eigenvalue weighted by molar-refractivity contribution is 7.89. The smallest absolute Gasteiger partial charge is 0.228 e. The van der Waals surface area contributed by atoms with E-state index in [1.807, 2.05) is 6.92 Å². The first-order valence-electron chi connectivity index (χ1n) is 10.2. The molecule has 1 atom stereocenters. The van der Waals surface area contributed by atoms with Crippen LogP contribution in [0, 0.1) is 12.7 Å². The van der Waals surface area contributed by atoms with Gasteiger partial charge in [-0.1, -0.05) is 12.1 Å². The molecule has 1 aromatic heterocycles. The predicted octanol–water partition coefficient (Wildman–Crippen LogP) is 2.89. The summed E-state index contributed by atoms with van der Waals surface area (Å²) in [4.78, 5) is 23.7. The molecule has 1 amide bonds. The van der Waals surface area contributed by atoms with Crippen molar-refractivity contribution >= 4 is 21.7 Å². The third-order valence-corrected chi connectivity index (χ3v) is 7.71. The normalized spacial score (nSPS) is 19.9. The first-order chi connectivity index (χ1) is 14.3. The molecular formula is C21H25FN4O3S. The van der Waals surface area contributed by atoms with Crippen molar-refractivity contribution < 1.29 is 17.6 Å². The second-order valence-corrected chi connectivity index (χ2v) is 9.96. The molecule has 1 fully saturated rings. The minimum Gasteiger partial charge on any atom is -0.292 e. The fourth-order valence-electron chi connectivity index (χ4n) is 4.18. The third-order valence-electron chi connectivity index (χ3n) is 5.83. The van der Waals surface area contributed by atoms with Crippen LogP contribution < -0.4 is 4.90 Å². The van der Waals surface area contributed by atoms with Crippen molar-refractivity contribution in [3.8, 4) is 0 Å². The first kappa shape index (κ1) is 20.9. The lowest BCUT2D eigenvalue weighted by molar-refractivity contribution is -0.119. The highest BCUT2D eigenvalue weighted by Gasteiger charge is 2.37. The van der Waals surface area contributed by atoms with Gasteiger partial charge in [-0.15, -0.1) is 0 Å². The molecule has 0 bridgehead atoms. The maximum atomic E-state index is 13.3. The summed E-state index contributed by atoms with van der Waals surface area (Å²) in [6.45, 7) is 4.25. The maximum absolute atomic E-state index is 13.3. The Bertz CT molecular complexity index is 1070. The van der Waals surface area contributed by atoms with Crippen molar-refractivity contribution in [1.29, 1.82) is 0 Å². The summed E-state index contributed by atoms with van der Waals surface area (Å²) in [6, 6.07) is 5.63. The van der Waals surface area contributed by atoms with Gasteiger partial charge in [0.2, 0.25) is 15.9 Å². The van der Waals surface area contributed by atoms with Gasteiger partial charge in [-0.25, -0.2) is 22.8 Å². The van der Waals surface area contributed by atoms with Crippen LogP contribution in [0.25, 0.3) is 0 Å². The van der Waals surface area contributed by atoms with E-state index in [0.717, 1.165) is 23.2 Å². The van der Waals surface area contributed by atoms with Gasteiger partial charge >= 0.3 is 0 Å². The number of fused-ring (bicyclic) bond motifs is 1. The second-order valence-electron chi connectivity index (χ2n) is 7.75. The van der Waals surface area contributed by atoms with Crippen LogP contribution in [0.4, 0.5) is 10.2 Å². The minimum absolute atomic E-state index is 0.0304. The van der Waals surface area contributed by atoms with Gasteiger partial charge in [0.1, 0.15) is 17.5 Å². The number of hydrogen-bond acceptors (Lipinski definition) is 5. The summed E-state index contributed by atoms with van der Waals surface area (Å²) in [5, 5.41) is 0. The predicted molar refractivity (Wildman–Crippen MR) is 111 cm³/mol. The molecule has 4 rings (SSSR count). The lowest BCUT2D eigenvalue weighted by Crippen LogP contribution is -2.37. The summed E-state index contributed by atoms with van der Waals surface area (Å²) in [5.74, 6) is 0.629. The van der Waals surface area contributed by atoms with Crippen molar-refractivity contribution in [3.63, 3.8) is 0 Å². The van der Waals surface area contributed by atoms with Crippen molar-refractivity contribution in [1.82, 2.24) is 14.3 Å². The Kier molecular flexibility index (Phi) is 5.59. The van der Waals surface area contributed by atoms with E-state index in [9.17, 15) is 17.6 Å². The molecule has 0 unspecified atom stereocenters. The zero-order valence-corrected chi connectivity index (χ0v) is 18.0. The van der Waals surface area contributed by atoms with Gasteiger partial charge < -0.3 is 0 Å². The van der Waals surface area contributed by atoms with Crippen molar-refractivity contribution in [3.05, 3.63) is 52.7 Å². The van der Waals surface area contributed by atoms with E-state index in [4.69, 9.17) is 4.98 Å². The van der Waals surface area contributed by atoms with Crippen LogP contribution in [0.3, 0.4) is 0 Å². The highest BCUT2D eigenvalue weighted by Crippen LogP contribution is 2.36. The molecule has 0 aliphatic carbocycles. The van der Waals surface area contributed by atoms with Crippen LogP contribution in [0.2, 0.25) is 0 Å². The monoisotopic (exact) mass is 432 g/mol. The Labute approximate surface area is 176 Å². The third kappa shape index (κ3) is 3.83. The number of carbonyl (C=O) groups excluding carboxylic acids is 1. The number of hydrogen-bond donors (Lipinski definition) is 0. The summed E-state index contributed by atoms with van der Waals surface area (Å²) in [7, 11) is -3.37. The molecular weight excluding hydrogens is 407 g/mol. The fourth-order valence-corrected chi connectivity index (χ4v) is 5.51. The van der Waals surface area contributed by atoms with E-state index >= 15 is 0 Å². The lowest BCUT2D eigenvalue weighted by atomic mass is 10.0. The Morgan fingerprint density at radius 3 is 2.60 bits per heavy atom. The standard InChI is InChI=1S/C21H25FN4O3S/c1-3-30(28,29)26-12-4-5-18(26)20-23-14(2)17-10-11-19(27)25(21(17)24-20)13-15-6-8-16(22)9-7-15/h6-9,18H,3-5,10-13H2,1-2H3/t18-/m1/s1. The van der Waals surface area contributed by atoms with Gasteiger partial charge in [-0.05, 0) is 50.8 Å². The number of rotatable bonds is 5. The van der Waals surface area contributed by atoms with E-state index in [-0.39, 0.29) is 24.0 Å². The van der Waals surface area contributed by atoms with Crippen LogP contribution in [0.15, 0.2) is 24.3 Å². The van der Waals surface area contributed by atoms with E-state index < -0.39 is 16.1 Å². The summed E-state index contributed by atoms with van der Waals surface area (Å²) >= 11 is 0. The van der Waals surface area contributed by atoms with Crippen LogP contribution >= 0.6 is 0 Å². The number of halogens is 1. The Morgan fingerprint density at radius 2 is 1.90 bits per heavy atom. The zero-order valence-electron chi connectivity index (χ0n) is 17.1. The summed E-state index contributed by atoms with van der Waals surface area (Å²) < 4.78 is 39.8. The molecule has 0 spiro atoms. The van der Waals surface area contributed by atoms with Crippen molar-refractivity contribution in [2.24, 2.45) is 0 Å². The van der Waals surface area contributed by atoms with Crippen LogP contribution in [-0.2, 0) is 27.8 Å². The molecule has 2 aliphatic rings. The van der Waals surface area contributed by atoms with E-state index in [0.29, 0.717) is 37.4 Å². The maximum Gasteiger partial charge on any atom is 0.228 e. The van der Waals surface area contributed by atoms with E-state index in [1.54, 1.807) is 24.0 Å². The van der Waals surface area contributed by atoms with Gasteiger partial charge in [0, 0.05) is 24.2 Å². The number of aryl methyl sites for hydroxylation is 1. The Balaban J connectivity index is 1.73. The quantitative estimate of drug-likeness (QED) is 0.726. The first-order valence-corrected chi connectivity index (χ1v) is 11.8. The number of anilines is 1.